The first-order valence-corrected chi connectivity index (χ1v) is 8.50. The van der Waals surface area contributed by atoms with E-state index in [0.29, 0.717) is 16.3 Å². The van der Waals surface area contributed by atoms with Gasteiger partial charge in [0.2, 0.25) is 0 Å². The molecule has 0 spiro atoms. The molecule has 0 aliphatic rings. The van der Waals surface area contributed by atoms with Crippen LogP contribution in [-0.4, -0.2) is 9.97 Å². The molecule has 1 aromatic carbocycles. The molecule has 0 saturated heterocycles. The fraction of sp³-hybridized carbons (Fsp3) is 0. The molecule has 0 radical (unpaired) electrons. The van der Waals surface area contributed by atoms with Gasteiger partial charge in [-0.25, -0.2) is 9.97 Å². The number of fused-ring (bicyclic) bond motifs is 1. The smallest absolute Gasteiger partial charge is 0.144 e. The zero-order valence-electron chi connectivity index (χ0n) is 11.8. The van der Waals surface area contributed by atoms with Crippen LogP contribution in [0.5, 0.6) is 0 Å². The van der Waals surface area contributed by atoms with E-state index in [9.17, 15) is 5.26 Å². The molecule has 3 aromatic heterocycles. The fourth-order valence-corrected chi connectivity index (χ4v) is 3.91. The first-order chi connectivity index (χ1) is 11.3. The van der Waals surface area contributed by atoms with Crippen molar-refractivity contribution in [2.75, 3.05) is 0 Å². The standard InChI is InChI=1S/C17H9N3OS2/c18-9-11(8-12-4-3-7-21-12)16-20-14(10-22-16)17-19-13-5-1-2-6-15(13)23-17/h1-8,10H/b11-8-. The summed E-state index contributed by atoms with van der Waals surface area (Å²) in [4.78, 5) is 9.16. The number of benzene rings is 1. The minimum Gasteiger partial charge on any atom is -0.465 e. The van der Waals surface area contributed by atoms with Gasteiger partial charge in [0.15, 0.2) is 0 Å². The topological polar surface area (TPSA) is 62.7 Å². The van der Waals surface area contributed by atoms with E-state index >= 15 is 0 Å². The average molecular weight is 335 g/mol. The lowest BCUT2D eigenvalue weighted by atomic mass is 10.2. The van der Waals surface area contributed by atoms with E-state index in [4.69, 9.17) is 4.42 Å². The monoisotopic (exact) mass is 335 g/mol. The zero-order valence-corrected chi connectivity index (χ0v) is 13.4. The van der Waals surface area contributed by atoms with Crippen LogP contribution in [0.2, 0.25) is 0 Å². The maximum Gasteiger partial charge on any atom is 0.144 e. The van der Waals surface area contributed by atoms with E-state index in [0.717, 1.165) is 20.9 Å². The molecule has 0 amide bonds. The summed E-state index contributed by atoms with van der Waals surface area (Å²) in [6, 6.07) is 13.8. The van der Waals surface area contributed by atoms with Crippen molar-refractivity contribution in [1.29, 1.82) is 5.26 Å². The number of allylic oxidation sites excluding steroid dienone is 1. The average Bonchev–Trinajstić information content (AvgIpc) is 3.30. The molecule has 23 heavy (non-hydrogen) atoms. The van der Waals surface area contributed by atoms with Gasteiger partial charge in [0, 0.05) is 11.5 Å². The molecule has 0 saturated carbocycles. The van der Waals surface area contributed by atoms with E-state index in [1.807, 2.05) is 29.6 Å². The van der Waals surface area contributed by atoms with Gasteiger partial charge in [-0.1, -0.05) is 12.1 Å². The quantitative estimate of drug-likeness (QED) is 0.490. The van der Waals surface area contributed by atoms with E-state index < -0.39 is 0 Å². The van der Waals surface area contributed by atoms with Crippen LogP contribution in [0.25, 0.3) is 32.6 Å². The SMILES string of the molecule is N#C/C(=C/c1ccco1)c1nc(-c2nc3ccccc3s2)cs1. The number of para-hydroxylation sites is 1. The molecule has 4 nitrogen and oxygen atoms in total. The Morgan fingerprint density at radius 3 is 2.87 bits per heavy atom. The van der Waals surface area contributed by atoms with Crippen molar-refractivity contribution in [3.05, 3.63) is 58.8 Å². The Bertz CT molecular complexity index is 1000. The van der Waals surface area contributed by atoms with Crippen molar-refractivity contribution in [3.63, 3.8) is 0 Å². The number of rotatable bonds is 3. The maximum absolute atomic E-state index is 9.37. The molecule has 0 aliphatic carbocycles. The minimum atomic E-state index is 0.484. The van der Waals surface area contributed by atoms with Crippen molar-refractivity contribution in [2.45, 2.75) is 0 Å². The Morgan fingerprint density at radius 2 is 2.09 bits per heavy atom. The molecule has 6 heteroatoms. The summed E-state index contributed by atoms with van der Waals surface area (Å²) in [5.74, 6) is 0.637. The molecule has 4 rings (SSSR count). The molecule has 4 aromatic rings. The van der Waals surface area contributed by atoms with Crippen molar-refractivity contribution in [2.24, 2.45) is 0 Å². The summed E-state index contributed by atoms with van der Waals surface area (Å²) in [6.07, 6.45) is 3.27. The van der Waals surface area contributed by atoms with Gasteiger partial charge in [0.05, 0.1) is 22.1 Å². The summed E-state index contributed by atoms with van der Waals surface area (Å²) in [7, 11) is 0. The minimum absolute atomic E-state index is 0.484. The fourth-order valence-electron chi connectivity index (χ4n) is 2.13. The van der Waals surface area contributed by atoms with Crippen molar-refractivity contribution in [1.82, 2.24) is 9.97 Å². The molecule has 110 valence electrons. The Labute approximate surface area is 140 Å². The van der Waals surface area contributed by atoms with Crippen LogP contribution >= 0.6 is 22.7 Å². The maximum atomic E-state index is 9.37. The Kier molecular flexibility index (Phi) is 3.50. The molecule has 0 fully saturated rings. The largest absolute Gasteiger partial charge is 0.465 e. The number of nitriles is 1. The summed E-state index contributed by atoms with van der Waals surface area (Å²) in [5.41, 5.74) is 2.25. The lowest BCUT2D eigenvalue weighted by molar-refractivity contribution is 0.557. The summed E-state index contributed by atoms with van der Waals surface area (Å²) in [6.45, 7) is 0. The van der Waals surface area contributed by atoms with E-state index in [1.165, 1.54) is 11.3 Å². The Balaban J connectivity index is 1.72. The highest BCUT2D eigenvalue weighted by atomic mass is 32.1. The van der Waals surface area contributed by atoms with E-state index in [2.05, 4.69) is 16.0 Å². The third-order valence-electron chi connectivity index (χ3n) is 3.20. The van der Waals surface area contributed by atoms with Crippen LogP contribution < -0.4 is 0 Å². The molecule has 0 atom stereocenters. The van der Waals surface area contributed by atoms with Gasteiger partial charge in [-0.05, 0) is 24.3 Å². The van der Waals surface area contributed by atoms with E-state index in [1.54, 1.807) is 35.8 Å². The van der Waals surface area contributed by atoms with Gasteiger partial charge in [-0.2, -0.15) is 5.26 Å². The van der Waals surface area contributed by atoms with E-state index in [-0.39, 0.29) is 0 Å². The third kappa shape index (κ3) is 2.68. The number of hydrogen-bond donors (Lipinski definition) is 0. The van der Waals surface area contributed by atoms with Crippen LogP contribution in [-0.2, 0) is 0 Å². The summed E-state index contributed by atoms with van der Waals surface area (Å²) >= 11 is 3.03. The molecule has 0 bridgehead atoms. The predicted octanol–water partition coefficient (Wildman–Crippen LogP) is 5.08. The van der Waals surface area contributed by atoms with Gasteiger partial charge in [-0.3, -0.25) is 0 Å². The molecular weight excluding hydrogens is 326 g/mol. The van der Waals surface area contributed by atoms with Crippen LogP contribution in [0.3, 0.4) is 0 Å². The lowest BCUT2D eigenvalue weighted by Crippen LogP contribution is -1.81. The molecule has 0 unspecified atom stereocenters. The van der Waals surface area contributed by atoms with Gasteiger partial charge in [-0.15, -0.1) is 22.7 Å². The first kappa shape index (κ1) is 13.9. The van der Waals surface area contributed by atoms with Crippen LogP contribution in [0, 0.1) is 11.3 Å². The van der Waals surface area contributed by atoms with Crippen molar-refractivity contribution in [3.8, 4) is 16.8 Å². The zero-order chi connectivity index (χ0) is 15.6. The lowest BCUT2D eigenvalue weighted by Gasteiger charge is -1.91. The van der Waals surface area contributed by atoms with Crippen LogP contribution in [0.4, 0.5) is 0 Å². The first-order valence-electron chi connectivity index (χ1n) is 6.80. The number of furan rings is 1. The van der Waals surface area contributed by atoms with Gasteiger partial charge in [0.1, 0.15) is 27.5 Å². The highest BCUT2D eigenvalue weighted by Gasteiger charge is 2.13. The molecule has 3 heterocycles. The van der Waals surface area contributed by atoms with Crippen LogP contribution in [0.1, 0.15) is 10.8 Å². The number of aromatic nitrogens is 2. The van der Waals surface area contributed by atoms with Crippen LogP contribution in [0.15, 0.2) is 52.5 Å². The van der Waals surface area contributed by atoms with Gasteiger partial charge in [0.25, 0.3) is 0 Å². The molecule has 0 aliphatic heterocycles. The van der Waals surface area contributed by atoms with Gasteiger partial charge >= 0.3 is 0 Å². The number of thiazole rings is 2. The Hall–Kier alpha value is -2.75. The molecule has 0 N–H and O–H groups in total. The predicted molar refractivity (Wildman–Crippen MR) is 92.9 cm³/mol. The Morgan fingerprint density at radius 1 is 1.17 bits per heavy atom. The second-order valence-electron chi connectivity index (χ2n) is 4.71. The number of hydrogen-bond acceptors (Lipinski definition) is 6. The second kappa shape index (κ2) is 5.80. The number of nitrogens with zero attached hydrogens (tertiary/aromatic N) is 3. The highest BCUT2D eigenvalue weighted by Crippen LogP contribution is 2.32. The highest BCUT2D eigenvalue weighted by molar-refractivity contribution is 7.22. The van der Waals surface area contributed by atoms with Crippen molar-refractivity contribution >= 4 is 44.5 Å². The summed E-state index contributed by atoms with van der Waals surface area (Å²) in [5, 5.41) is 12.8. The summed E-state index contributed by atoms with van der Waals surface area (Å²) < 4.78 is 6.39. The second-order valence-corrected chi connectivity index (χ2v) is 6.60. The molecular formula is C17H9N3OS2. The van der Waals surface area contributed by atoms with Crippen molar-refractivity contribution < 1.29 is 4.42 Å². The third-order valence-corrected chi connectivity index (χ3v) is 5.13. The van der Waals surface area contributed by atoms with Gasteiger partial charge < -0.3 is 4.42 Å². The normalized spacial score (nSPS) is 11.7.